The second-order valence-corrected chi connectivity index (χ2v) is 4.95. The fourth-order valence-electron chi connectivity index (χ4n) is 1.44. The van der Waals surface area contributed by atoms with Gasteiger partial charge in [0.05, 0.1) is 5.69 Å². The number of rotatable bonds is 3. The molecule has 2 heteroatoms. The first-order chi connectivity index (χ1) is 6.88. The van der Waals surface area contributed by atoms with E-state index in [1.807, 2.05) is 0 Å². The summed E-state index contributed by atoms with van der Waals surface area (Å²) in [6.07, 6.45) is 0.821. The Morgan fingerprint density at radius 2 is 1.93 bits per heavy atom. The minimum absolute atomic E-state index is 0.162. The predicted octanol–water partition coefficient (Wildman–Crippen LogP) is 4.19. The van der Waals surface area contributed by atoms with Gasteiger partial charge in [-0.25, -0.2) is 4.39 Å². The van der Waals surface area contributed by atoms with E-state index < -0.39 is 0 Å². The van der Waals surface area contributed by atoms with E-state index in [4.69, 9.17) is 0 Å². The molecule has 1 aromatic carbocycles. The highest BCUT2D eigenvalue weighted by Crippen LogP contribution is 2.24. The van der Waals surface area contributed by atoms with E-state index in [9.17, 15) is 4.39 Å². The van der Waals surface area contributed by atoms with Crippen molar-refractivity contribution in [3.05, 3.63) is 42.4 Å². The Morgan fingerprint density at radius 1 is 1.33 bits per heavy atom. The van der Waals surface area contributed by atoms with Crippen molar-refractivity contribution in [3.63, 3.8) is 0 Å². The van der Waals surface area contributed by atoms with E-state index >= 15 is 0 Å². The smallest absolute Gasteiger partial charge is 0.146 e. The molecule has 0 radical (unpaired) electrons. The summed E-state index contributed by atoms with van der Waals surface area (Å²) >= 11 is 0. The monoisotopic (exact) mass is 207 g/mol. The van der Waals surface area contributed by atoms with Crippen molar-refractivity contribution in [2.24, 2.45) is 5.41 Å². The highest BCUT2D eigenvalue weighted by atomic mass is 19.1. The van der Waals surface area contributed by atoms with Crippen LogP contribution in [0.5, 0.6) is 0 Å². The summed E-state index contributed by atoms with van der Waals surface area (Å²) in [5, 5.41) is 3.00. The minimum Gasteiger partial charge on any atom is -0.357 e. The van der Waals surface area contributed by atoms with E-state index in [1.54, 1.807) is 18.2 Å². The molecule has 0 saturated carbocycles. The zero-order chi connectivity index (χ0) is 11.5. The first kappa shape index (κ1) is 11.8. The van der Waals surface area contributed by atoms with Gasteiger partial charge in [0, 0.05) is 5.70 Å². The lowest BCUT2D eigenvalue weighted by atomic mass is 9.91. The quantitative estimate of drug-likeness (QED) is 0.783. The molecule has 0 aliphatic heterocycles. The molecule has 0 aliphatic rings. The maximum atomic E-state index is 13.3. The summed E-state index contributed by atoms with van der Waals surface area (Å²) in [6.45, 7) is 10.3. The summed E-state index contributed by atoms with van der Waals surface area (Å²) in [5.41, 5.74) is 1.49. The van der Waals surface area contributed by atoms with Gasteiger partial charge in [-0.1, -0.05) is 39.5 Å². The molecular weight excluding hydrogens is 189 g/mol. The number of nitrogens with one attached hydrogen (secondary N) is 1. The summed E-state index contributed by atoms with van der Waals surface area (Å²) in [7, 11) is 0. The van der Waals surface area contributed by atoms with Crippen LogP contribution < -0.4 is 5.32 Å². The largest absolute Gasteiger partial charge is 0.357 e. The van der Waals surface area contributed by atoms with Gasteiger partial charge in [0.2, 0.25) is 0 Å². The number of halogens is 1. The van der Waals surface area contributed by atoms with Crippen LogP contribution in [0.1, 0.15) is 27.2 Å². The Balaban J connectivity index is 2.64. The lowest BCUT2D eigenvalue weighted by Gasteiger charge is -2.20. The van der Waals surface area contributed by atoms with Crippen molar-refractivity contribution in [1.82, 2.24) is 0 Å². The second-order valence-electron chi connectivity index (χ2n) is 4.95. The summed E-state index contributed by atoms with van der Waals surface area (Å²) in [4.78, 5) is 0. The molecule has 1 aromatic rings. The fraction of sp³-hybridized carbons (Fsp3) is 0.385. The topological polar surface area (TPSA) is 12.0 Å². The minimum atomic E-state index is -0.243. The van der Waals surface area contributed by atoms with Crippen LogP contribution in [0.25, 0.3) is 0 Å². The molecule has 0 fully saturated rings. The number of hydrogen-bond acceptors (Lipinski definition) is 1. The summed E-state index contributed by atoms with van der Waals surface area (Å²) < 4.78 is 13.3. The van der Waals surface area contributed by atoms with Gasteiger partial charge < -0.3 is 5.32 Å². The molecule has 1 rings (SSSR count). The van der Waals surface area contributed by atoms with Crippen LogP contribution in [-0.4, -0.2) is 0 Å². The fourth-order valence-corrected chi connectivity index (χ4v) is 1.44. The van der Waals surface area contributed by atoms with Crippen molar-refractivity contribution in [2.45, 2.75) is 27.2 Å². The Kier molecular flexibility index (Phi) is 3.51. The van der Waals surface area contributed by atoms with Gasteiger partial charge in [-0.3, -0.25) is 0 Å². The average molecular weight is 207 g/mol. The van der Waals surface area contributed by atoms with Crippen molar-refractivity contribution in [2.75, 3.05) is 5.32 Å². The standard InChI is InChI=1S/C13H18FN/c1-10(9-13(2,3)4)15-12-8-6-5-7-11(12)14/h5-8,15H,1,9H2,2-4H3. The third-order valence-corrected chi connectivity index (χ3v) is 1.93. The highest BCUT2D eigenvalue weighted by Gasteiger charge is 2.12. The van der Waals surface area contributed by atoms with Gasteiger partial charge in [-0.2, -0.15) is 0 Å². The zero-order valence-electron chi connectivity index (χ0n) is 9.60. The molecule has 1 nitrogen and oxygen atoms in total. The lowest BCUT2D eigenvalue weighted by molar-refractivity contribution is 0.411. The van der Waals surface area contributed by atoms with Gasteiger partial charge in [0.25, 0.3) is 0 Å². The Labute approximate surface area is 91.0 Å². The first-order valence-electron chi connectivity index (χ1n) is 5.08. The molecule has 0 bridgehead atoms. The molecule has 1 N–H and O–H groups in total. The van der Waals surface area contributed by atoms with Gasteiger partial charge in [-0.05, 0) is 24.0 Å². The SMILES string of the molecule is C=C(CC(C)(C)C)Nc1ccccc1F. The molecule has 0 atom stereocenters. The van der Waals surface area contributed by atoms with Crippen LogP contribution in [0.3, 0.4) is 0 Å². The van der Waals surface area contributed by atoms with E-state index in [2.05, 4.69) is 32.7 Å². The number of benzene rings is 1. The maximum Gasteiger partial charge on any atom is 0.146 e. The maximum absolute atomic E-state index is 13.3. The van der Waals surface area contributed by atoms with E-state index in [0.717, 1.165) is 12.1 Å². The van der Waals surface area contributed by atoms with E-state index in [0.29, 0.717) is 5.69 Å². The van der Waals surface area contributed by atoms with Crippen LogP contribution in [0.2, 0.25) is 0 Å². The van der Waals surface area contributed by atoms with Crippen LogP contribution >= 0.6 is 0 Å². The van der Waals surface area contributed by atoms with Crippen LogP contribution in [-0.2, 0) is 0 Å². The van der Waals surface area contributed by atoms with Crippen LogP contribution in [0.4, 0.5) is 10.1 Å². The third kappa shape index (κ3) is 4.15. The van der Waals surface area contributed by atoms with Crippen LogP contribution in [0, 0.1) is 11.2 Å². The molecule has 82 valence electrons. The van der Waals surface area contributed by atoms with Gasteiger partial charge in [0.15, 0.2) is 0 Å². The third-order valence-electron chi connectivity index (χ3n) is 1.93. The Morgan fingerprint density at radius 3 is 2.47 bits per heavy atom. The van der Waals surface area contributed by atoms with Gasteiger partial charge in [0.1, 0.15) is 5.82 Å². The van der Waals surface area contributed by atoms with Crippen LogP contribution in [0.15, 0.2) is 36.5 Å². The molecular formula is C13H18FN. The molecule has 0 amide bonds. The molecule has 0 saturated heterocycles. The molecule has 0 spiro atoms. The number of hydrogen-bond donors (Lipinski definition) is 1. The van der Waals surface area contributed by atoms with Crippen molar-refractivity contribution >= 4 is 5.69 Å². The van der Waals surface area contributed by atoms with E-state index in [-0.39, 0.29) is 11.2 Å². The first-order valence-corrected chi connectivity index (χ1v) is 5.08. The molecule has 0 aromatic heterocycles. The summed E-state index contributed by atoms with van der Waals surface area (Å²) in [6, 6.07) is 6.62. The summed E-state index contributed by atoms with van der Waals surface area (Å²) in [5.74, 6) is -0.243. The van der Waals surface area contributed by atoms with Crippen molar-refractivity contribution in [3.8, 4) is 0 Å². The molecule has 0 unspecified atom stereocenters. The molecule has 0 aliphatic carbocycles. The van der Waals surface area contributed by atoms with E-state index in [1.165, 1.54) is 6.07 Å². The molecule has 0 heterocycles. The lowest BCUT2D eigenvalue weighted by Crippen LogP contribution is -2.11. The van der Waals surface area contributed by atoms with Gasteiger partial charge >= 0.3 is 0 Å². The second kappa shape index (κ2) is 4.47. The number of anilines is 1. The predicted molar refractivity (Wildman–Crippen MR) is 63.2 cm³/mol. The zero-order valence-corrected chi connectivity index (χ0v) is 9.60. The average Bonchev–Trinajstić information content (AvgIpc) is 2.05. The normalized spacial score (nSPS) is 11.2. The van der Waals surface area contributed by atoms with Gasteiger partial charge in [-0.15, -0.1) is 0 Å². The number of allylic oxidation sites excluding steroid dienone is 1. The van der Waals surface area contributed by atoms with Crippen molar-refractivity contribution < 1.29 is 4.39 Å². The number of para-hydroxylation sites is 1. The highest BCUT2D eigenvalue weighted by molar-refractivity contribution is 5.48. The molecule has 15 heavy (non-hydrogen) atoms. The Hall–Kier alpha value is -1.31. The van der Waals surface area contributed by atoms with Crippen molar-refractivity contribution in [1.29, 1.82) is 0 Å². The Bertz CT molecular complexity index is 350.